The highest BCUT2D eigenvalue weighted by molar-refractivity contribution is 8.03. The number of carbonyl (C=O) groups excluding carboxylic acids is 1. The summed E-state index contributed by atoms with van der Waals surface area (Å²) >= 11 is 4.51. The molecule has 0 aliphatic carbocycles. The zero-order valence-electron chi connectivity index (χ0n) is 20.3. The van der Waals surface area contributed by atoms with E-state index in [-0.39, 0.29) is 11.7 Å². The van der Waals surface area contributed by atoms with Crippen LogP contribution in [0.3, 0.4) is 0 Å². The Hall–Kier alpha value is -3.66. The van der Waals surface area contributed by atoms with Crippen molar-refractivity contribution in [2.45, 2.75) is 21.0 Å². The molecule has 6 nitrogen and oxygen atoms in total. The fourth-order valence-corrected chi connectivity index (χ4v) is 6.42. The maximum atomic E-state index is 12.2. The molecule has 1 N–H and O–H groups in total. The number of nitrogens with zero attached hydrogens (tertiary/aromatic N) is 3. The lowest BCUT2D eigenvalue weighted by Gasteiger charge is -2.06. The van der Waals surface area contributed by atoms with Crippen molar-refractivity contribution >= 4 is 57.8 Å². The van der Waals surface area contributed by atoms with Gasteiger partial charge in [-0.2, -0.15) is 5.10 Å². The van der Waals surface area contributed by atoms with Gasteiger partial charge in [0, 0.05) is 5.75 Å². The number of thioether (sulfide) groups is 2. The van der Waals surface area contributed by atoms with E-state index in [1.54, 1.807) is 18.0 Å². The van der Waals surface area contributed by atoms with Gasteiger partial charge >= 0.3 is 0 Å². The SMILES string of the molecule is O=C(CSc1nnc(SCc2cccc3ccccc23)s1)NN=Cc1ccc(OCc2ccccc2)cc1. The number of hydrazone groups is 1. The highest BCUT2D eigenvalue weighted by Crippen LogP contribution is 2.32. The van der Waals surface area contributed by atoms with Crippen LogP contribution in [0, 0.1) is 0 Å². The van der Waals surface area contributed by atoms with Crippen molar-refractivity contribution in [2.75, 3.05) is 5.75 Å². The van der Waals surface area contributed by atoms with Crippen molar-refractivity contribution in [1.82, 2.24) is 15.6 Å². The Bertz CT molecular complexity index is 1520. The van der Waals surface area contributed by atoms with Crippen LogP contribution in [0.5, 0.6) is 5.75 Å². The summed E-state index contributed by atoms with van der Waals surface area (Å²) in [6, 6.07) is 32.3. The summed E-state index contributed by atoms with van der Waals surface area (Å²) in [5, 5.41) is 15.0. The lowest BCUT2D eigenvalue weighted by molar-refractivity contribution is -0.118. The maximum absolute atomic E-state index is 12.2. The molecular formula is C29H24N4O2S3. The minimum Gasteiger partial charge on any atom is -0.489 e. The van der Waals surface area contributed by atoms with Gasteiger partial charge in [-0.1, -0.05) is 108 Å². The van der Waals surface area contributed by atoms with Gasteiger partial charge < -0.3 is 4.74 Å². The first-order valence-electron chi connectivity index (χ1n) is 11.9. The first-order chi connectivity index (χ1) is 18.7. The average molecular weight is 557 g/mol. The van der Waals surface area contributed by atoms with E-state index in [1.165, 1.54) is 39.4 Å². The van der Waals surface area contributed by atoms with Crippen LogP contribution in [0.2, 0.25) is 0 Å². The number of fused-ring (bicyclic) bond motifs is 1. The van der Waals surface area contributed by atoms with Gasteiger partial charge in [-0.3, -0.25) is 4.79 Å². The van der Waals surface area contributed by atoms with Crippen molar-refractivity contribution in [3.63, 3.8) is 0 Å². The molecule has 0 spiro atoms. The molecule has 1 aromatic heterocycles. The molecular weight excluding hydrogens is 533 g/mol. The standard InChI is InChI=1S/C29H24N4O2S3/c34-27(31-30-17-21-13-15-25(16-14-21)35-18-22-7-2-1-3-8-22)20-37-29-33-32-28(38-29)36-19-24-11-6-10-23-9-4-5-12-26(23)24/h1-17H,18-20H2,(H,31,34). The van der Waals surface area contributed by atoms with E-state index >= 15 is 0 Å². The summed E-state index contributed by atoms with van der Waals surface area (Å²) in [6.07, 6.45) is 1.61. The van der Waals surface area contributed by atoms with Crippen LogP contribution < -0.4 is 10.2 Å². The molecule has 9 heteroatoms. The van der Waals surface area contributed by atoms with E-state index in [9.17, 15) is 4.79 Å². The van der Waals surface area contributed by atoms with E-state index < -0.39 is 0 Å². The van der Waals surface area contributed by atoms with Crippen molar-refractivity contribution in [3.8, 4) is 5.75 Å². The van der Waals surface area contributed by atoms with E-state index in [4.69, 9.17) is 4.74 Å². The molecule has 38 heavy (non-hydrogen) atoms. The molecule has 0 atom stereocenters. The van der Waals surface area contributed by atoms with E-state index in [0.29, 0.717) is 6.61 Å². The van der Waals surface area contributed by atoms with Crippen molar-refractivity contribution < 1.29 is 9.53 Å². The van der Waals surface area contributed by atoms with Gasteiger partial charge in [0.15, 0.2) is 8.68 Å². The molecule has 0 unspecified atom stereocenters. The van der Waals surface area contributed by atoms with E-state index in [1.807, 2.05) is 54.6 Å². The van der Waals surface area contributed by atoms with Crippen LogP contribution in [0.25, 0.3) is 10.8 Å². The smallest absolute Gasteiger partial charge is 0.250 e. The van der Waals surface area contributed by atoms with Gasteiger partial charge in [0.25, 0.3) is 5.91 Å². The first kappa shape index (κ1) is 26.0. The molecule has 5 rings (SSSR count). The number of amides is 1. The van der Waals surface area contributed by atoms with Gasteiger partial charge in [0.2, 0.25) is 0 Å². The lowest BCUT2D eigenvalue weighted by atomic mass is 10.1. The van der Waals surface area contributed by atoms with Crippen LogP contribution in [0.1, 0.15) is 16.7 Å². The number of hydrogen-bond donors (Lipinski definition) is 1. The van der Waals surface area contributed by atoms with Crippen molar-refractivity contribution in [1.29, 1.82) is 0 Å². The Balaban J connectivity index is 1.04. The van der Waals surface area contributed by atoms with E-state index in [2.05, 4.69) is 63.2 Å². The molecule has 1 amide bonds. The fourth-order valence-electron chi connectivity index (χ4n) is 3.60. The van der Waals surface area contributed by atoms with E-state index in [0.717, 1.165) is 31.3 Å². The number of rotatable bonds is 11. The summed E-state index contributed by atoms with van der Waals surface area (Å²) < 4.78 is 7.44. The van der Waals surface area contributed by atoms with Crippen LogP contribution in [-0.2, 0) is 17.2 Å². The van der Waals surface area contributed by atoms with Gasteiger partial charge in [-0.25, -0.2) is 5.43 Å². The minimum atomic E-state index is -0.200. The molecule has 0 aliphatic rings. The molecule has 0 saturated carbocycles. The Morgan fingerprint density at radius 1 is 0.868 bits per heavy atom. The zero-order valence-corrected chi connectivity index (χ0v) is 22.8. The predicted octanol–water partition coefficient (Wildman–Crippen LogP) is 6.81. The van der Waals surface area contributed by atoms with Crippen molar-refractivity contribution in [3.05, 3.63) is 114 Å². The third kappa shape index (κ3) is 7.44. The Kier molecular flexibility index (Phi) is 9.04. The lowest BCUT2D eigenvalue weighted by Crippen LogP contribution is -2.19. The third-order valence-corrected chi connectivity index (χ3v) is 8.72. The number of aromatic nitrogens is 2. The molecule has 0 aliphatic heterocycles. The maximum Gasteiger partial charge on any atom is 0.250 e. The molecule has 4 aromatic carbocycles. The highest BCUT2D eigenvalue weighted by Gasteiger charge is 2.09. The summed E-state index contributed by atoms with van der Waals surface area (Å²) in [5.74, 6) is 1.61. The molecule has 0 bridgehead atoms. The molecule has 1 heterocycles. The number of benzene rings is 4. The summed E-state index contributed by atoms with van der Waals surface area (Å²) in [4.78, 5) is 12.2. The van der Waals surface area contributed by atoms with Crippen molar-refractivity contribution in [2.24, 2.45) is 5.10 Å². The number of ether oxygens (including phenoxy) is 1. The average Bonchev–Trinajstić information content (AvgIpc) is 3.43. The second-order valence-corrected chi connectivity index (χ2v) is 11.6. The number of nitrogens with one attached hydrogen (secondary N) is 1. The minimum absolute atomic E-state index is 0.200. The predicted molar refractivity (Wildman–Crippen MR) is 157 cm³/mol. The highest BCUT2D eigenvalue weighted by atomic mass is 32.2. The van der Waals surface area contributed by atoms with Crippen LogP contribution in [0.15, 0.2) is 111 Å². The Labute approximate surface area is 233 Å². The van der Waals surface area contributed by atoms with Gasteiger partial charge in [-0.05, 0) is 51.7 Å². The van der Waals surface area contributed by atoms with Crippen LogP contribution in [-0.4, -0.2) is 28.1 Å². The monoisotopic (exact) mass is 556 g/mol. The number of carbonyl (C=O) groups is 1. The molecule has 0 radical (unpaired) electrons. The van der Waals surface area contributed by atoms with Gasteiger partial charge in [0.1, 0.15) is 12.4 Å². The normalized spacial score (nSPS) is 11.2. The summed E-state index contributed by atoms with van der Waals surface area (Å²) in [7, 11) is 0. The van der Waals surface area contributed by atoms with Gasteiger partial charge in [-0.15, -0.1) is 10.2 Å². The quantitative estimate of drug-likeness (QED) is 0.109. The largest absolute Gasteiger partial charge is 0.489 e. The zero-order chi connectivity index (χ0) is 26.0. The Morgan fingerprint density at radius 2 is 1.61 bits per heavy atom. The second-order valence-electron chi connectivity index (χ2n) is 8.19. The van der Waals surface area contributed by atoms with Gasteiger partial charge in [0.05, 0.1) is 12.0 Å². The fraction of sp³-hybridized carbons (Fsp3) is 0.103. The first-order valence-corrected chi connectivity index (χ1v) is 14.7. The third-order valence-electron chi connectivity index (χ3n) is 5.48. The van der Waals surface area contributed by atoms with Crippen LogP contribution >= 0.6 is 34.9 Å². The molecule has 0 saturated heterocycles. The Morgan fingerprint density at radius 3 is 2.45 bits per heavy atom. The molecule has 190 valence electrons. The summed E-state index contributed by atoms with van der Waals surface area (Å²) in [6.45, 7) is 0.515. The topological polar surface area (TPSA) is 76.5 Å². The molecule has 0 fully saturated rings. The second kappa shape index (κ2) is 13.2. The van der Waals surface area contributed by atoms with Crippen LogP contribution in [0.4, 0.5) is 0 Å². The number of hydrogen-bond acceptors (Lipinski definition) is 8. The summed E-state index contributed by atoms with van der Waals surface area (Å²) in [5.41, 5.74) is 5.81. The molecule has 5 aromatic rings.